The van der Waals surface area contributed by atoms with Gasteiger partial charge in [0.15, 0.2) is 5.16 Å². The van der Waals surface area contributed by atoms with E-state index in [1.54, 1.807) is 24.3 Å². The predicted molar refractivity (Wildman–Crippen MR) is 113 cm³/mol. The van der Waals surface area contributed by atoms with Crippen molar-refractivity contribution in [2.45, 2.75) is 25.0 Å². The van der Waals surface area contributed by atoms with Crippen LogP contribution in [0, 0.1) is 6.92 Å². The quantitative estimate of drug-likeness (QED) is 0.439. The molecule has 0 atom stereocenters. The molecule has 0 bridgehead atoms. The minimum atomic E-state index is -0.377. The first-order valence-electron chi connectivity index (χ1n) is 9.21. The number of thioether (sulfide) groups is 1. The molecule has 0 radical (unpaired) electrons. The van der Waals surface area contributed by atoms with E-state index in [0.717, 1.165) is 28.5 Å². The van der Waals surface area contributed by atoms with Crippen LogP contribution in [0.3, 0.4) is 0 Å². The topological polar surface area (TPSA) is 84.1 Å². The van der Waals surface area contributed by atoms with Crippen molar-refractivity contribution in [3.63, 3.8) is 0 Å². The van der Waals surface area contributed by atoms with Gasteiger partial charge in [0, 0.05) is 18.7 Å². The maximum atomic E-state index is 12.1. The summed E-state index contributed by atoms with van der Waals surface area (Å²) in [5.41, 5.74) is 4.61. The molecule has 0 aliphatic rings. The summed E-state index contributed by atoms with van der Waals surface area (Å²) < 4.78 is 4.67. The molecule has 29 heavy (non-hydrogen) atoms. The number of H-pyrrole nitrogens is 1. The normalized spacial score (nSPS) is 10.6. The van der Waals surface area contributed by atoms with Gasteiger partial charge in [-0.05, 0) is 30.2 Å². The van der Waals surface area contributed by atoms with Crippen molar-refractivity contribution in [1.29, 1.82) is 0 Å². The zero-order valence-corrected chi connectivity index (χ0v) is 17.2. The molecule has 7 heteroatoms. The fourth-order valence-electron chi connectivity index (χ4n) is 2.76. The standard InChI is InChI=1S/C22H23N3O3S/c1-15-19(12-16-6-4-3-5-7-16)25-22(24-15)29-14-20(26)23-13-17-8-10-18(11-9-17)21(27)28-2/h3-11H,12-14H2,1-2H3,(H,23,26)(H,24,25). The largest absolute Gasteiger partial charge is 0.465 e. The van der Waals surface area contributed by atoms with Gasteiger partial charge in [-0.25, -0.2) is 9.78 Å². The molecule has 0 unspecified atom stereocenters. The molecule has 6 nitrogen and oxygen atoms in total. The van der Waals surface area contributed by atoms with Crippen LogP contribution in [0.1, 0.15) is 32.9 Å². The number of nitrogens with one attached hydrogen (secondary N) is 2. The van der Waals surface area contributed by atoms with Gasteiger partial charge in [-0.15, -0.1) is 0 Å². The summed E-state index contributed by atoms with van der Waals surface area (Å²) in [5, 5.41) is 3.62. The van der Waals surface area contributed by atoms with E-state index in [0.29, 0.717) is 12.1 Å². The summed E-state index contributed by atoms with van der Waals surface area (Å²) >= 11 is 1.38. The van der Waals surface area contributed by atoms with Crippen molar-refractivity contribution in [2.24, 2.45) is 0 Å². The van der Waals surface area contributed by atoms with E-state index in [1.165, 1.54) is 24.4 Å². The zero-order chi connectivity index (χ0) is 20.6. The lowest BCUT2D eigenvalue weighted by molar-refractivity contribution is -0.118. The van der Waals surface area contributed by atoms with Crippen molar-refractivity contribution >= 4 is 23.6 Å². The fourth-order valence-corrected chi connectivity index (χ4v) is 3.53. The minimum Gasteiger partial charge on any atom is -0.465 e. The predicted octanol–water partition coefficient (Wildman–Crippen LogP) is 3.50. The van der Waals surface area contributed by atoms with Crippen molar-refractivity contribution in [2.75, 3.05) is 12.9 Å². The highest BCUT2D eigenvalue weighted by Crippen LogP contribution is 2.19. The van der Waals surface area contributed by atoms with E-state index in [1.807, 2.05) is 25.1 Å². The lowest BCUT2D eigenvalue weighted by atomic mass is 10.1. The Labute approximate surface area is 174 Å². The number of aryl methyl sites for hydroxylation is 1. The number of hydrogen-bond donors (Lipinski definition) is 2. The highest BCUT2D eigenvalue weighted by molar-refractivity contribution is 7.99. The fraction of sp³-hybridized carbons (Fsp3) is 0.227. The van der Waals surface area contributed by atoms with E-state index < -0.39 is 0 Å². The van der Waals surface area contributed by atoms with Crippen LogP contribution in [-0.4, -0.2) is 34.7 Å². The smallest absolute Gasteiger partial charge is 0.337 e. The molecule has 1 aromatic heterocycles. The number of imidazole rings is 1. The number of amides is 1. The summed E-state index contributed by atoms with van der Waals surface area (Å²) in [7, 11) is 1.35. The Kier molecular flexibility index (Phi) is 7.08. The SMILES string of the molecule is COC(=O)c1ccc(CNC(=O)CSc2nc(Cc3ccccc3)c(C)[nH]2)cc1. The van der Waals surface area contributed by atoms with Crippen molar-refractivity contribution in [3.05, 3.63) is 82.7 Å². The Balaban J connectivity index is 1.47. The number of carbonyl (C=O) groups excluding carboxylic acids is 2. The Morgan fingerprint density at radius 1 is 1.07 bits per heavy atom. The molecule has 0 saturated carbocycles. The summed E-state index contributed by atoms with van der Waals surface area (Å²) in [5.74, 6) is -0.180. The van der Waals surface area contributed by atoms with Crippen LogP contribution in [0.4, 0.5) is 0 Å². The third kappa shape index (κ3) is 5.96. The van der Waals surface area contributed by atoms with Crippen LogP contribution >= 0.6 is 11.8 Å². The van der Waals surface area contributed by atoms with E-state index in [4.69, 9.17) is 0 Å². The van der Waals surface area contributed by atoms with Crippen molar-refractivity contribution in [3.8, 4) is 0 Å². The number of benzene rings is 2. The molecule has 1 amide bonds. The molecule has 0 saturated heterocycles. The van der Waals surface area contributed by atoms with Crippen LogP contribution in [0.2, 0.25) is 0 Å². The average Bonchev–Trinajstić information content (AvgIpc) is 3.10. The number of esters is 1. The molecule has 0 spiro atoms. The van der Waals surface area contributed by atoms with Crippen molar-refractivity contribution < 1.29 is 14.3 Å². The monoisotopic (exact) mass is 409 g/mol. The lowest BCUT2D eigenvalue weighted by Gasteiger charge is -2.05. The third-order valence-corrected chi connectivity index (χ3v) is 5.26. The highest BCUT2D eigenvalue weighted by atomic mass is 32.2. The molecule has 1 heterocycles. The molecular formula is C22H23N3O3S. The van der Waals surface area contributed by atoms with Crippen LogP contribution in [0.15, 0.2) is 59.8 Å². The maximum Gasteiger partial charge on any atom is 0.337 e. The van der Waals surface area contributed by atoms with Gasteiger partial charge in [-0.1, -0.05) is 54.2 Å². The summed E-state index contributed by atoms with van der Waals surface area (Å²) in [6.07, 6.45) is 0.761. The number of methoxy groups -OCH3 is 1. The van der Waals surface area contributed by atoms with E-state index in [9.17, 15) is 9.59 Å². The number of aromatic amines is 1. The Morgan fingerprint density at radius 2 is 1.79 bits per heavy atom. The highest BCUT2D eigenvalue weighted by Gasteiger charge is 2.10. The third-order valence-electron chi connectivity index (χ3n) is 4.38. The van der Waals surface area contributed by atoms with Crippen LogP contribution in [0.5, 0.6) is 0 Å². The summed E-state index contributed by atoms with van der Waals surface area (Å²) in [4.78, 5) is 31.4. The van der Waals surface area contributed by atoms with Crippen LogP contribution < -0.4 is 5.32 Å². The number of aromatic nitrogens is 2. The summed E-state index contributed by atoms with van der Waals surface area (Å²) in [6.45, 7) is 2.39. The Morgan fingerprint density at radius 3 is 2.48 bits per heavy atom. The molecule has 0 aliphatic carbocycles. The first-order chi connectivity index (χ1) is 14.0. The average molecular weight is 410 g/mol. The Bertz CT molecular complexity index is 969. The number of rotatable bonds is 8. The van der Waals surface area contributed by atoms with E-state index in [-0.39, 0.29) is 17.6 Å². The molecule has 0 aliphatic heterocycles. The second-order valence-corrected chi connectivity index (χ2v) is 7.49. The second kappa shape index (κ2) is 9.93. The maximum absolute atomic E-state index is 12.1. The van der Waals surface area contributed by atoms with Gasteiger partial charge in [0.25, 0.3) is 0 Å². The van der Waals surface area contributed by atoms with Gasteiger partial charge < -0.3 is 15.0 Å². The first kappa shape index (κ1) is 20.7. The molecular weight excluding hydrogens is 386 g/mol. The van der Waals surface area contributed by atoms with Gasteiger partial charge in [0.2, 0.25) is 5.91 Å². The zero-order valence-electron chi connectivity index (χ0n) is 16.4. The van der Waals surface area contributed by atoms with Gasteiger partial charge in [-0.3, -0.25) is 4.79 Å². The molecule has 2 aromatic carbocycles. The minimum absolute atomic E-state index is 0.0780. The summed E-state index contributed by atoms with van der Waals surface area (Å²) in [6, 6.07) is 17.1. The molecule has 3 rings (SSSR count). The first-order valence-corrected chi connectivity index (χ1v) is 10.2. The Hall–Kier alpha value is -3.06. The van der Waals surface area contributed by atoms with Gasteiger partial charge in [-0.2, -0.15) is 0 Å². The van der Waals surface area contributed by atoms with Gasteiger partial charge >= 0.3 is 5.97 Å². The van der Waals surface area contributed by atoms with Crippen LogP contribution in [-0.2, 0) is 22.5 Å². The number of ether oxygens (including phenoxy) is 1. The van der Waals surface area contributed by atoms with Crippen LogP contribution in [0.25, 0.3) is 0 Å². The van der Waals surface area contributed by atoms with E-state index in [2.05, 4.69) is 32.2 Å². The van der Waals surface area contributed by atoms with Gasteiger partial charge in [0.1, 0.15) is 0 Å². The molecule has 0 fully saturated rings. The van der Waals surface area contributed by atoms with E-state index >= 15 is 0 Å². The number of carbonyl (C=O) groups is 2. The number of hydrogen-bond acceptors (Lipinski definition) is 5. The second-order valence-electron chi connectivity index (χ2n) is 6.53. The molecule has 3 aromatic rings. The lowest BCUT2D eigenvalue weighted by Crippen LogP contribution is -2.24. The van der Waals surface area contributed by atoms with Crippen molar-refractivity contribution in [1.82, 2.24) is 15.3 Å². The van der Waals surface area contributed by atoms with Gasteiger partial charge in [0.05, 0.1) is 24.1 Å². The molecule has 150 valence electrons. The number of nitrogens with zero attached hydrogens (tertiary/aromatic N) is 1. The molecule has 2 N–H and O–H groups in total.